The molecular formula is C15H20O6. The number of hydrogen-bond acceptors (Lipinski definition) is 6. The number of rotatable bonds is 4. The van der Waals surface area contributed by atoms with Crippen LogP contribution in [0.4, 0.5) is 0 Å². The Morgan fingerprint density at radius 1 is 1.29 bits per heavy atom. The maximum atomic E-state index is 11.8. The van der Waals surface area contributed by atoms with Crippen LogP contribution in [0.2, 0.25) is 0 Å². The summed E-state index contributed by atoms with van der Waals surface area (Å²) in [6.45, 7) is 3.02. The third-order valence-corrected chi connectivity index (χ3v) is 4.71. The van der Waals surface area contributed by atoms with Gasteiger partial charge in [0.05, 0.1) is 11.8 Å². The van der Waals surface area contributed by atoms with Crippen molar-refractivity contribution in [1.82, 2.24) is 0 Å². The van der Waals surface area contributed by atoms with Gasteiger partial charge in [-0.25, -0.2) is 4.79 Å². The molecule has 3 rings (SSSR count). The van der Waals surface area contributed by atoms with E-state index < -0.39 is 18.0 Å². The Hall–Kier alpha value is -1.59. The molecule has 21 heavy (non-hydrogen) atoms. The van der Waals surface area contributed by atoms with Crippen molar-refractivity contribution in [3.8, 4) is 0 Å². The second-order valence-electron chi connectivity index (χ2n) is 6.54. The van der Waals surface area contributed by atoms with Crippen LogP contribution >= 0.6 is 0 Å². The number of carbonyl (C=O) groups excluding carboxylic acids is 3. The molecule has 0 aromatic heterocycles. The smallest absolute Gasteiger partial charge is 0.344 e. The first-order valence-corrected chi connectivity index (χ1v) is 7.52. The van der Waals surface area contributed by atoms with E-state index >= 15 is 0 Å². The highest BCUT2D eigenvalue weighted by Crippen LogP contribution is 2.52. The van der Waals surface area contributed by atoms with Gasteiger partial charge >= 0.3 is 17.9 Å². The van der Waals surface area contributed by atoms with Gasteiger partial charge in [0.2, 0.25) is 0 Å². The zero-order valence-corrected chi connectivity index (χ0v) is 12.2. The van der Waals surface area contributed by atoms with E-state index in [0.717, 1.165) is 19.3 Å². The molecule has 0 radical (unpaired) electrons. The lowest BCUT2D eigenvalue weighted by Crippen LogP contribution is -2.40. The van der Waals surface area contributed by atoms with Crippen LogP contribution in [0, 0.1) is 23.7 Å². The third kappa shape index (κ3) is 2.63. The number of hydrogen-bond donors (Lipinski definition) is 0. The van der Waals surface area contributed by atoms with E-state index in [1.807, 2.05) is 0 Å². The highest BCUT2D eigenvalue weighted by atomic mass is 16.6. The summed E-state index contributed by atoms with van der Waals surface area (Å²) in [5.74, 6) is -0.827. The van der Waals surface area contributed by atoms with E-state index in [9.17, 15) is 14.4 Å². The monoisotopic (exact) mass is 296 g/mol. The van der Waals surface area contributed by atoms with E-state index in [-0.39, 0.29) is 36.4 Å². The Balaban J connectivity index is 1.55. The minimum Gasteiger partial charge on any atom is -0.458 e. The molecule has 0 spiro atoms. The molecule has 3 fully saturated rings. The van der Waals surface area contributed by atoms with Gasteiger partial charge in [0, 0.05) is 5.92 Å². The standard InChI is InChI=1S/C15H20O6/c1-7(2)14(17)19-6-12(16)20-11-5-8-3-9-10(4-8)15(18)21-13(9)11/h7-11,13H,3-6H2,1-2H3. The van der Waals surface area contributed by atoms with E-state index in [0.29, 0.717) is 5.92 Å². The molecule has 3 aliphatic rings. The van der Waals surface area contributed by atoms with Crippen LogP contribution in [0.1, 0.15) is 33.1 Å². The summed E-state index contributed by atoms with van der Waals surface area (Å²) >= 11 is 0. The van der Waals surface area contributed by atoms with E-state index in [4.69, 9.17) is 14.2 Å². The first kappa shape index (κ1) is 14.4. The van der Waals surface area contributed by atoms with Crippen molar-refractivity contribution in [2.45, 2.75) is 45.3 Å². The SMILES string of the molecule is CC(C)C(=O)OCC(=O)OC1CC2CC3C(=O)OC1C3C2. The van der Waals surface area contributed by atoms with Gasteiger partial charge in [-0.1, -0.05) is 13.8 Å². The van der Waals surface area contributed by atoms with E-state index in [1.54, 1.807) is 13.8 Å². The molecule has 5 atom stereocenters. The molecule has 116 valence electrons. The van der Waals surface area contributed by atoms with Gasteiger partial charge < -0.3 is 14.2 Å². The van der Waals surface area contributed by atoms with Crippen molar-refractivity contribution in [3.63, 3.8) is 0 Å². The fourth-order valence-electron chi connectivity index (χ4n) is 3.74. The number of ether oxygens (including phenoxy) is 3. The zero-order valence-electron chi connectivity index (χ0n) is 12.2. The third-order valence-electron chi connectivity index (χ3n) is 4.71. The zero-order chi connectivity index (χ0) is 15.1. The molecule has 6 heteroatoms. The molecule has 1 aliphatic heterocycles. The van der Waals surface area contributed by atoms with Crippen LogP contribution < -0.4 is 0 Å². The Morgan fingerprint density at radius 3 is 2.76 bits per heavy atom. The first-order chi connectivity index (χ1) is 9.95. The molecule has 6 nitrogen and oxygen atoms in total. The average molecular weight is 296 g/mol. The van der Waals surface area contributed by atoms with Gasteiger partial charge in [0.25, 0.3) is 0 Å². The second kappa shape index (κ2) is 5.31. The average Bonchev–Trinajstić information content (AvgIpc) is 2.92. The highest BCUT2D eigenvalue weighted by Gasteiger charge is 2.58. The lowest BCUT2D eigenvalue weighted by molar-refractivity contribution is -0.175. The van der Waals surface area contributed by atoms with Crippen LogP contribution in [0.3, 0.4) is 0 Å². The minimum atomic E-state index is -0.574. The molecule has 1 heterocycles. The van der Waals surface area contributed by atoms with Crippen molar-refractivity contribution >= 4 is 17.9 Å². The molecule has 0 aromatic carbocycles. The van der Waals surface area contributed by atoms with Gasteiger partial charge in [-0.15, -0.1) is 0 Å². The second-order valence-corrected chi connectivity index (χ2v) is 6.54. The van der Waals surface area contributed by atoms with E-state index in [1.165, 1.54) is 0 Å². The van der Waals surface area contributed by atoms with Crippen molar-refractivity contribution in [2.24, 2.45) is 23.7 Å². The summed E-state index contributed by atoms with van der Waals surface area (Å²) in [4.78, 5) is 34.8. The fourth-order valence-corrected chi connectivity index (χ4v) is 3.74. The maximum absolute atomic E-state index is 11.8. The Labute approximate surface area is 123 Å². The van der Waals surface area contributed by atoms with Gasteiger partial charge in [-0.3, -0.25) is 9.59 Å². The lowest BCUT2D eigenvalue weighted by Gasteiger charge is -2.32. The van der Waals surface area contributed by atoms with Crippen LogP contribution in [-0.2, 0) is 28.6 Å². The summed E-state index contributed by atoms with van der Waals surface area (Å²) < 4.78 is 15.6. The van der Waals surface area contributed by atoms with Crippen molar-refractivity contribution in [3.05, 3.63) is 0 Å². The van der Waals surface area contributed by atoms with Crippen LogP contribution in [0.15, 0.2) is 0 Å². The Bertz CT molecular complexity index is 471. The van der Waals surface area contributed by atoms with E-state index in [2.05, 4.69) is 0 Å². The molecule has 1 saturated heterocycles. The van der Waals surface area contributed by atoms with Crippen molar-refractivity contribution in [1.29, 1.82) is 0 Å². The predicted molar refractivity (Wildman–Crippen MR) is 69.9 cm³/mol. The summed E-state index contributed by atoms with van der Waals surface area (Å²) in [5.41, 5.74) is 0. The minimum absolute atomic E-state index is 0.0116. The maximum Gasteiger partial charge on any atom is 0.344 e. The van der Waals surface area contributed by atoms with Gasteiger partial charge in [-0.05, 0) is 25.2 Å². The number of esters is 3. The largest absolute Gasteiger partial charge is 0.458 e. The number of carbonyl (C=O) groups is 3. The molecule has 2 bridgehead atoms. The highest BCUT2D eigenvalue weighted by molar-refractivity contribution is 5.78. The quantitative estimate of drug-likeness (QED) is 0.570. The molecule has 0 N–H and O–H groups in total. The van der Waals surface area contributed by atoms with Crippen LogP contribution in [-0.4, -0.2) is 36.7 Å². The van der Waals surface area contributed by atoms with Crippen LogP contribution in [0.25, 0.3) is 0 Å². The summed E-state index contributed by atoms with van der Waals surface area (Å²) in [7, 11) is 0. The molecule has 0 amide bonds. The van der Waals surface area contributed by atoms with Crippen LogP contribution in [0.5, 0.6) is 0 Å². The normalized spacial score (nSPS) is 36.5. The van der Waals surface area contributed by atoms with Crippen molar-refractivity contribution in [2.75, 3.05) is 6.61 Å². The number of fused-ring (bicyclic) bond motifs is 1. The first-order valence-electron chi connectivity index (χ1n) is 7.52. The molecule has 2 aliphatic carbocycles. The Kier molecular flexibility index (Phi) is 3.63. The summed E-state index contributed by atoms with van der Waals surface area (Å²) in [6.07, 6.45) is 1.85. The topological polar surface area (TPSA) is 78.9 Å². The lowest BCUT2D eigenvalue weighted by atomic mass is 9.84. The van der Waals surface area contributed by atoms with Gasteiger partial charge in [-0.2, -0.15) is 0 Å². The predicted octanol–water partition coefficient (Wildman–Crippen LogP) is 1.07. The van der Waals surface area contributed by atoms with Crippen molar-refractivity contribution < 1.29 is 28.6 Å². The molecular weight excluding hydrogens is 276 g/mol. The molecule has 2 saturated carbocycles. The molecule has 5 unspecified atom stereocenters. The Morgan fingerprint density at radius 2 is 2.05 bits per heavy atom. The summed E-state index contributed by atoms with van der Waals surface area (Å²) in [5, 5.41) is 0. The summed E-state index contributed by atoms with van der Waals surface area (Å²) in [6, 6.07) is 0. The van der Waals surface area contributed by atoms with Gasteiger partial charge in [0.1, 0.15) is 12.2 Å². The van der Waals surface area contributed by atoms with Gasteiger partial charge in [0.15, 0.2) is 6.61 Å². The fraction of sp³-hybridized carbons (Fsp3) is 0.800. The molecule has 0 aromatic rings.